The van der Waals surface area contributed by atoms with Crippen LogP contribution in [-0.4, -0.2) is 25.2 Å². The summed E-state index contributed by atoms with van der Waals surface area (Å²) in [5, 5.41) is 7.59. The number of carbonyl (C=O) groups is 1. The van der Waals surface area contributed by atoms with Crippen molar-refractivity contribution in [2.75, 3.05) is 19.5 Å². The quantitative estimate of drug-likeness (QED) is 0.608. The molecule has 6 nitrogen and oxygen atoms in total. The lowest BCUT2D eigenvalue weighted by Crippen LogP contribution is -2.29. The van der Waals surface area contributed by atoms with Crippen LogP contribution < -0.4 is 14.8 Å². The van der Waals surface area contributed by atoms with E-state index < -0.39 is 0 Å². The highest BCUT2D eigenvalue weighted by molar-refractivity contribution is 6.01. The molecular formula is C26H26N2O4. The molecule has 0 saturated heterocycles. The summed E-state index contributed by atoms with van der Waals surface area (Å²) < 4.78 is 16.5. The number of allylic oxidation sites excluding steroid dienone is 2. The van der Waals surface area contributed by atoms with Crippen LogP contribution in [0.5, 0.6) is 11.5 Å². The van der Waals surface area contributed by atoms with Crippen LogP contribution in [0.25, 0.3) is 0 Å². The molecule has 0 amide bonds. The van der Waals surface area contributed by atoms with Crippen LogP contribution in [0.3, 0.4) is 0 Å². The number of hydrogen-bond acceptors (Lipinski definition) is 6. The van der Waals surface area contributed by atoms with Gasteiger partial charge in [-0.05, 0) is 55.0 Å². The zero-order valence-electron chi connectivity index (χ0n) is 18.7. The Morgan fingerprint density at radius 2 is 1.81 bits per heavy atom. The first-order valence-electron chi connectivity index (χ1n) is 10.8. The first kappa shape index (κ1) is 20.4. The van der Waals surface area contributed by atoms with Crippen molar-refractivity contribution in [2.45, 2.75) is 38.5 Å². The van der Waals surface area contributed by atoms with E-state index in [4.69, 9.17) is 14.0 Å². The number of methoxy groups -OCH3 is 2. The molecule has 2 heterocycles. The van der Waals surface area contributed by atoms with Gasteiger partial charge < -0.3 is 19.3 Å². The lowest BCUT2D eigenvalue weighted by atomic mass is 9.71. The highest BCUT2D eigenvalue weighted by Gasteiger charge is 2.41. The molecule has 5 rings (SSSR count). The van der Waals surface area contributed by atoms with Gasteiger partial charge in [0.1, 0.15) is 0 Å². The fraction of sp³-hybridized carbons (Fsp3) is 0.308. The smallest absolute Gasteiger partial charge is 0.233 e. The van der Waals surface area contributed by atoms with Crippen molar-refractivity contribution in [3.8, 4) is 11.5 Å². The van der Waals surface area contributed by atoms with E-state index in [1.165, 1.54) is 0 Å². The Kier molecular flexibility index (Phi) is 5.00. The van der Waals surface area contributed by atoms with Crippen molar-refractivity contribution in [3.63, 3.8) is 0 Å². The topological polar surface area (TPSA) is 73.6 Å². The Hall–Kier alpha value is -3.54. The molecular weight excluding hydrogens is 404 g/mol. The Morgan fingerprint density at radius 1 is 1.03 bits per heavy atom. The average molecular weight is 431 g/mol. The largest absolute Gasteiger partial charge is 0.493 e. The third kappa shape index (κ3) is 3.18. The number of aryl methyl sites for hydroxylation is 2. The Morgan fingerprint density at radius 3 is 2.56 bits per heavy atom. The Bertz CT molecular complexity index is 1240. The molecule has 164 valence electrons. The van der Waals surface area contributed by atoms with Crippen LogP contribution in [0.15, 0.2) is 58.3 Å². The maximum Gasteiger partial charge on any atom is 0.233 e. The summed E-state index contributed by atoms with van der Waals surface area (Å²) >= 11 is 0. The molecule has 1 N–H and O–H groups in total. The number of anilines is 1. The number of fused-ring (bicyclic) bond motifs is 1. The Balaban J connectivity index is 1.59. The molecule has 1 aliphatic heterocycles. The maximum absolute atomic E-state index is 13.6. The van der Waals surface area contributed by atoms with Gasteiger partial charge in [-0.25, -0.2) is 0 Å². The van der Waals surface area contributed by atoms with Gasteiger partial charge in [0.25, 0.3) is 0 Å². The number of nitrogens with one attached hydrogen (secondary N) is 1. The number of nitrogens with zero attached hydrogens (tertiary/aromatic N) is 1. The molecule has 32 heavy (non-hydrogen) atoms. The minimum absolute atomic E-state index is 0.0386. The van der Waals surface area contributed by atoms with Crippen molar-refractivity contribution < 1.29 is 18.8 Å². The number of Topliss-reactive ketones (excluding diaryl/α,β-unsaturated/α-hetero) is 1. The van der Waals surface area contributed by atoms with Gasteiger partial charge in [-0.15, -0.1) is 0 Å². The second-order valence-corrected chi connectivity index (χ2v) is 8.46. The molecule has 0 fully saturated rings. The van der Waals surface area contributed by atoms with Crippen LogP contribution in [0, 0.1) is 13.8 Å². The summed E-state index contributed by atoms with van der Waals surface area (Å²) in [6.07, 6.45) is 1.15. The third-order valence-corrected chi connectivity index (χ3v) is 6.64. The molecule has 6 heteroatoms. The first-order chi connectivity index (χ1) is 15.5. The van der Waals surface area contributed by atoms with Crippen molar-refractivity contribution in [1.82, 2.24) is 5.16 Å². The SMILES string of the molecule is COc1ccc([C@H]2CC(=O)C3=C(C2)Nc2onc(C)c2[C@H]3c2ccccc2C)cc1OC. The summed E-state index contributed by atoms with van der Waals surface area (Å²) in [5.74, 6) is 1.99. The number of aromatic nitrogens is 1. The first-order valence-corrected chi connectivity index (χ1v) is 10.8. The minimum Gasteiger partial charge on any atom is -0.493 e. The zero-order chi connectivity index (χ0) is 22.4. The number of hydrogen-bond donors (Lipinski definition) is 1. The number of ketones is 1. The van der Waals surface area contributed by atoms with E-state index >= 15 is 0 Å². The van der Waals surface area contributed by atoms with Crippen molar-refractivity contribution in [3.05, 3.63) is 81.7 Å². The molecule has 1 aromatic heterocycles. The van der Waals surface area contributed by atoms with Crippen LogP contribution in [0.4, 0.5) is 5.88 Å². The lowest BCUT2D eigenvalue weighted by Gasteiger charge is -2.35. The van der Waals surface area contributed by atoms with Gasteiger partial charge in [-0.1, -0.05) is 35.5 Å². The summed E-state index contributed by atoms with van der Waals surface area (Å²) in [7, 11) is 3.24. The highest BCUT2D eigenvalue weighted by Crippen LogP contribution is 2.50. The van der Waals surface area contributed by atoms with Gasteiger partial charge in [-0.3, -0.25) is 4.79 Å². The van der Waals surface area contributed by atoms with Crippen LogP contribution in [0.1, 0.15) is 52.6 Å². The fourth-order valence-electron chi connectivity index (χ4n) is 5.04. The predicted molar refractivity (Wildman–Crippen MR) is 121 cm³/mol. The number of rotatable bonds is 4. The third-order valence-electron chi connectivity index (χ3n) is 6.64. The second kappa shape index (κ2) is 7.86. The van der Waals surface area contributed by atoms with Crippen molar-refractivity contribution >= 4 is 11.7 Å². The molecule has 0 saturated carbocycles. The van der Waals surface area contributed by atoms with E-state index in [1.807, 2.05) is 37.3 Å². The predicted octanol–water partition coefficient (Wildman–Crippen LogP) is 5.27. The number of ether oxygens (including phenoxy) is 2. The summed E-state index contributed by atoms with van der Waals surface area (Å²) in [4.78, 5) is 13.6. The molecule has 0 radical (unpaired) electrons. The molecule has 2 aromatic carbocycles. The van der Waals surface area contributed by atoms with E-state index in [9.17, 15) is 4.79 Å². The number of carbonyl (C=O) groups excluding carboxylic acids is 1. The summed E-state index contributed by atoms with van der Waals surface area (Å²) in [6, 6.07) is 14.1. The van der Waals surface area contributed by atoms with Gasteiger partial charge in [-0.2, -0.15) is 0 Å². The van der Waals surface area contributed by atoms with Gasteiger partial charge >= 0.3 is 0 Å². The average Bonchev–Trinajstić information content (AvgIpc) is 3.17. The maximum atomic E-state index is 13.6. The van der Waals surface area contributed by atoms with Gasteiger partial charge in [0.15, 0.2) is 17.3 Å². The molecule has 0 unspecified atom stereocenters. The van der Waals surface area contributed by atoms with Gasteiger partial charge in [0, 0.05) is 23.6 Å². The van der Waals surface area contributed by atoms with E-state index in [1.54, 1.807) is 14.2 Å². The van der Waals surface area contributed by atoms with E-state index in [-0.39, 0.29) is 17.6 Å². The van der Waals surface area contributed by atoms with Crippen LogP contribution >= 0.6 is 0 Å². The standard InChI is InChI=1S/C26H26N2O4/c1-14-7-5-6-8-18(14)24-23-15(2)28-32-26(23)27-19-11-17(12-20(29)25(19)24)16-9-10-21(30-3)22(13-16)31-4/h5-10,13,17,24,27H,11-12H2,1-4H3/t17-,24-/m1/s1. The van der Waals surface area contributed by atoms with Gasteiger partial charge in [0.05, 0.1) is 25.5 Å². The normalized spacial score (nSPS) is 19.8. The molecule has 0 spiro atoms. The van der Waals surface area contributed by atoms with Crippen LogP contribution in [0.2, 0.25) is 0 Å². The lowest BCUT2D eigenvalue weighted by molar-refractivity contribution is -0.116. The second-order valence-electron chi connectivity index (χ2n) is 8.46. The van der Waals surface area contributed by atoms with Crippen LogP contribution in [-0.2, 0) is 4.79 Å². The monoisotopic (exact) mass is 430 g/mol. The Labute approximate surface area is 187 Å². The molecule has 2 aliphatic rings. The molecule has 3 aromatic rings. The van der Waals surface area contributed by atoms with E-state index in [0.717, 1.165) is 39.2 Å². The van der Waals surface area contributed by atoms with Gasteiger partial charge in [0.2, 0.25) is 5.88 Å². The zero-order valence-corrected chi connectivity index (χ0v) is 18.7. The molecule has 1 aliphatic carbocycles. The summed E-state index contributed by atoms with van der Waals surface area (Å²) in [5.41, 5.74) is 6.82. The minimum atomic E-state index is -0.174. The molecule has 2 atom stereocenters. The summed E-state index contributed by atoms with van der Waals surface area (Å²) in [6.45, 7) is 4.01. The van der Waals surface area contributed by atoms with E-state index in [2.05, 4.69) is 29.5 Å². The highest BCUT2D eigenvalue weighted by atomic mass is 16.5. The fourth-order valence-corrected chi connectivity index (χ4v) is 5.04. The van der Waals surface area contributed by atoms with E-state index in [0.29, 0.717) is 30.2 Å². The van der Waals surface area contributed by atoms with Crippen molar-refractivity contribution in [1.29, 1.82) is 0 Å². The number of benzene rings is 2. The molecule has 0 bridgehead atoms. The van der Waals surface area contributed by atoms with Crippen molar-refractivity contribution in [2.24, 2.45) is 0 Å².